The van der Waals surface area contributed by atoms with E-state index in [0.29, 0.717) is 0 Å². The second-order valence-electron chi connectivity index (χ2n) is 3.72. The minimum absolute atomic E-state index is 0.996. The Bertz CT molecular complexity index is 372. The van der Waals surface area contributed by atoms with E-state index in [1.807, 2.05) is 32.3 Å². The van der Waals surface area contributed by atoms with Crippen LogP contribution in [0.15, 0.2) is 29.5 Å². The summed E-state index contributed by atoms with van der Waals surface area (Å²) >= 11 is 0. The van der Waals surface area contributed by atoms with Crippen LogP contribution in [0.5, 0.6) is 0 Å². The van der Waals surface area contributed by atoms with E-state index in [1.54, 1.807) is 0 Å². The molecular weight excluding hydrogens is 184 g/mol. The van der Waals surface area contributed by atoms with E-state index in [0.717, 1.165) is 29.0 Å². The number of rotatable bonds is 3. The summed E-state index contributed by atoms with van der Waals surface area (Å²) < 4.78 is 0. The van der Waals surface area contributed by atoms with Crippen molar-refractivity contribution < 1.29 is 0 Å². The van der Waals surface area contributed by atoms with Crippen LogP contribution in [-0.2, 0) is 0 Å². The largest absolute Gasteiger partial charge is 0.266 e. The molecule has 0 N–H and O–H groups in total. The molecule has 0 aliphatic heterocycles. The van der Waals surface area contributed by atoms with Crippen LogP contribution >= 0.6 is 0 Å². The van der Waals surface area contributed by atoms with Gasteiger partial charge in [0.15, 0.2) is 0 Å². The van der Waals surface area contributed by atoms with Gasteiger partial charge < -0.3 is 0 Å². The molecule has 0 fully saturated rings. The van der Waals surface area contributed by atoms with Crippen molar-refractivity contribution in [3.63, 3.8) is 0 Å². The third-order valence-corrected chi connectivity index (χ3v) is 2.36. The van der Waals surface area contributed by atoms with Gasteiger partial charge in [0, 0.05) is 23.8 Å². The fourth-order valence-corrected chi connectivity index (χ4v) is 1.07. The first-order valence-corrected chi connectivity index (χ1v) is 5.26. The molecule has 0 aliphatic carbocycles. The van der Waals surface area contributed by atoms with E-state index in [2.05, 4.69) is 29.9 Å². The highest BCUT2D eigenvalue weighted by molar-refractivity contribution is 5.83. The predicted octanol–water partition coefficient (Wildman–Crippen LogP) is 3.62. The van der Waals surface area contributed by atoms with Crippen LogP contribution in [0.3, 0.4) is 0 Å². The van der Waals surface area contributed by atoms with Crippen molar-refractivity contribution in [2.45, 2.75) is 34.1 Å². The highest BCUT2D eigenvalue weighted by Crippen LogP contribution is 2.12. The minimum Gasteiger partial charge on any atom is -0.266 e. The molecule has 0 amide bonds. The molecule has 0 bridgehead atoms. The molecule has 0 aliphatic rings. The smallest absolute Gasteiger partial charge is 0.0373 e. The zero-order valence-corrected chi connectivity index (χ0v) is 9.91. The van der Waals surface area contributed by atoms with Gasteiger partial charge in [0.25, 0.3) is 0 Å². The molecule has 15 heavy (non-hydrogen) atoms. The number of hydrogen-bond acceptors (Lipinski definition) is 2. The van der Waals surface area contributed by atoms with Gasteiger partial charge in [0.2, 0.25) is 0 Å². The van der Waals surface area contributed by atoms with E-state index in [9.17, 15) is 0 Å². The van der Waals surface area contributed by atoms with Crippen LogP contribution in [0.4, 0.5) is 0 Å². The molecule has 1 heterocycles. The third-order valence-electron chi connectivity index (χ3n) is 2.36. The van der Waals surface area contributed by atoms with E-state index in [-0.39, 0.29) is 0 Å². The standard InChI is InChI=1S/C13H18N2/c1-5-11(3)14-8-10(2)13-7-6-12(4)15-9-13/h6-9H,5H2,1-4H3. The highest BCUT2D eigenvalue weighted by atomic mass is 14.7. The first-order valence-electron chi connectivity index (χ1n) is 5.26. The zero-order chi connectivity index (χ0) is 11.3. The van der Waals surface area contributed by atoms with Crippen molar-refractivity contribution in [2.24, 2.45) is 4.99 Å². The Morgan fingerprint density at radius 2 is 2.13 bits per heavy atom. The summed E-state index contributed by atoms with van der Waals surface area (Å²) in [5.41, 5.74) is 4.47. The Morgan fingerprint density at radius 3 is 2.67 bits per heavy atom. The van der Waals surface area contributed by atoms with Gasteiger partial charge in [-0.3, -0.25) is 9.98 Å². The Balaban J connectivity index is 2.85. The third kappa shape index (κ3) is 3.66. The van der Waals surface area contributed by atoms with Crippen LogP contribution in [0.2, 0.25) is 0 Å². The monoisotopic (exact) mass is 202 g/mol. The fraction of sp³-hybridized carbons (Fsp3) is 0.385. The molecule has 80 valence electrons. The number of allylic oxidation sites excluding steroid dienone is 1. The number of nitrogens with zero attached hydrogens (tertiary/aromatic N) is 2. The maximum atomic E-state index is 4.37. The molecule has 0 radical (unpaired) electrons. The fourth-order valence-electron chi connectivity index (χ4n) is 1.07. The van der Waals surface area contributed by atoms with Gasteiger partial charge in [-0.05, 0) is 44.4 Å². The van der Waals surface area contributed by atoms with Crippen LogP contribution in [0.25, 0.3) is 5.57 Å². The normalized spacial score (nSPS) is 13.1. The van der Waals surface area contributed by atoms with Crippen molar-refractivity contribution in [1.82, 2.24) is 4.98 Å². The van der Waals surface area contributed by atoms with Gasteiger partial charge in [-0.15, -0.1) is 0 Å². The summed E-state index contributed by atoms with van der Waals surface area (Å²) in [5.74, 6) is 0. The molecule has 0 saturated carbocycles. The average Bonchev–Trinajstić information content (AvgIpc) is 2.26. The number of aryl methyl sites for hydroxylation is 1. The highest BCUT2D eigenvalue weighted by Gasteiger charge is 1.94. The van der Waals surface area contributed by atoms with Crippen molar-refractivity contribution in [3.05, 3.63) is 35.8 Å². The molecule has 0 spiro atoms. The zero-order valence-electron chi connectivity index (χ0n) is 9.91. The Kier molecular flexibility index (Phi) is 4.22. The van der Waals surface area contributed by atoms with Crippen molar-refractivity contribution in [3.8, 4) is 0 Å². The van der Waals surface area contributed by atoms with Gasteiger partial charge in [0.1, 0.15) is 0 Å². The molecule has 2 nitrogen and oxygen atoms in total. The Morgan fingerprint density at radius 1 is 1.40 bits per heavy atom. The van der Waals surface area contributed by atoms with Gasteiger partial charge in [-0.2, -0.15) is 0 Å². The van der Waals surface area contributed by atoms with Gasteiger partial charge >= 0.3 is 0 Å². The molecule has 0 saturated heterocycles. The molecule has 0 aromatic carbocycles. The van der Waals surface area contributed by atoms with Gasteiger partial charge in [0.05, 0.1) is 0 Å². The SMILES string of the molecule is CCC(C)=NC=C(C)c1ccc(C)nc1. The van der Waals surface area contributed by atoms with Crippen LogP contribution in [0.1, 0.15) is 38.4 Å². The number of hydrogen-bond donors (Lipinski definition) is 0. The average molecular weight is 202 g/mol. The lowest BCUT2D eigenvalue weighted by Crippen LogP contribution is -1.87. The quantitative estimate of drug-likeness (QED) is 0.687. The lowest BCUT2D eigenvalue weighted by atomic mass is 10.1. The van der Waals surface area contributed by atoms with Crippen LogP contribution in [-0.4, -0.2) is 10.7 Å². The summed E-state index contributed by atoms with van der Waals surface area (Å²) in [6, 6.07) is 4.09. The number of aromatic nitrogens is 1. The van der Waals surface area contributed by atoms with E-state index in [1.165, 1.54) is 0 Å². The Hall–Kier alpha value is -1.44. The lowest BCUT2D eigenvalue weighted by molar-refractivity contribution is 1.19. The second-order valence-corrected chi connectivity index (χ2v) is 3.72. The lowest BCUT2D eigenvalue weighted by Gasteiger charge is -2.00. The maximum Gasteiger partial charge on any atom is 0.0373 e. The van der Waals surface area contributed by atoms with Crippen molar-refractivity contribution in [1.29, 1.82) is 0 Å². The molecule has 1 aromatic rings. The van der Waals surface area contributed by atoms with Crippen LogP contribution in [0, 0.1) is 6.92 Å². The summed E-state index contributed by atoms with van der Waals surface area (Å²) in [7, 11) is 0. The van der Waals surface area contributed by atoms with Crippen molar-refractivity contribution >= 4 is 11.3 Å². The molecule has 1 aromatic heterocycles. The van der Waals surface area contributed by atoms with Gasteiger partial charge in [-0.1, -0.05) is 13.0 Å². The number of aliphatic imine (C=N–C) groups is 1. The molecule has 2 heteroatoms. The molecule has 0 atom stereocenters. The summed E-state index contributed by atoms with van der Waals surface area (Å²) in [6.07, 6.45) is 4.79. The van der Waals surface area contributed by atoms with E-state index in [4.69, 9.17) is 0 Å². The van der Waals surface area contributed by atoms with E-state index < -0.39 is 0 Å². The van der Waals surface area contributed by atoms with E-state index >= 15 is 0 Å². The Labute approximate surface area is 91.8 Å². The molecule has 0 unspecified atom stereocenters. The number of pyridine rings is 1. The predicted molar refractivity (Wildman–Crippen MR) is 66.0 cm³/mol. The minimum atomic E-state index is 0.996. The molecule has 1 rings (SSSR count). The first kappa shape index (κ1) is 11.6. The topological polar surface area (TPSA) is 25.2 Å². The second kappa shape index (κ2) is 5.44. The maximum absolute atomic E-state index is 4.37. The summed E-state index contributed by atoms with van der Waals surface area (Å²) in [5, 5.41) is 0. The summed E-state index contributed by atoms with van der Waals surface area (Å²) in [4.78, 5) is 8.63. The summed E-state index contributed by atoms with van der Waals surface area (Å²) in [6.45, 7) is 8.19. The first-order chi connectivity index (χ1) is 7.13. The van der Waals surface area contributed by atoms with Crippen molar-refractivity contribution in [2.75, 3.05) is 0 Å². The molecular formula is C13H18N2. The van der Waals surface area contributed by atoms with Gasteiger partial charge in [-0.25, -0.2) is 0 Å². The van der Waals surface area contributed by atoms with Crippen LogP contribution < -0.4 is 0 Å².